The number of ketones is 2. The Bertz CT molecular complexity index is 890. The normalized spacial score (nSPS) is 25.1. The zero-order valence-corrected chi connectivity index (χ0v) is 14.8. The van der Waals surface area contributed by atoms with Gasteiger partial charge >= 0.3 is 6.18 Å². The van der Waals surface area contributed by atoms with Crippen LogP contribution in [0, 0.1) is 18.8 Å². The fourth-order valence-electron chi connectivity index (χ4n) is 4.40. The smallest absolute Gasteiger partial charge is 0.298 e. The molecule has 3 atom stereocenters. The van der Waals surface area contributed by atoms with Gasteiger partial charge in [-0.25, -0.2) is 0 Å². The quantitative estimate of drug-likeness (QED) is 0.668. The van der Waals surface area contributed by atoms with E-state index in [0.717, 1.165) is 30.5 Å². The van der Waals surface area contributed by atoms with Crippen molar-refractivity contribution in [3.05, 3.63) is 59.2 Å². The lowest BCUT2D eigenvalue weighted by atomic mass is 9.74. The molecular formula is C22H19F3O2. The molecule has 27 heavy (non-hydrogen) atoms. The van der Waals surface area contributed by atoms with Gasteiger partial charge in [0.15, 0.2) is 11.6 Å². The van der Waals surface area contributed by atoms with Gasteiger partial charge in [0.1, 0.15) is 5.92 Å². The third kappa shape index (κ3) is 3.09. The average Bonchev–Trinajstić information content (AvgIpc) is 3.08. The zero-order valence-electron chi connectivity index (χ0n) is 14.8. The molecule has 2 aromatic carbocycles. The molecule has 2 saturated carbocycles. The van der Waals surface area contributed by atoms with E-state index < -0.39 is 17.7 Å². The second kappa shape index (κ2) is 6.32. The van der Waals surface area contributed by atoms with Gasteiger partial charge in [-0.05, 0) is 66.6 Å². The second-order valence-corrected chi connectivity index (χ2v) is 7.59. The first-order chi connectivity index (χ1) is 12.8. The van der Waals surface area contributed by atoms with Gasteiger partial charge in [0.2, 0.25) is 0 Å². The third-order valence-electron chi connectivity index (χ3n) is 5.94. The van der Waals surface area contributed by atoms with Crippen molar-refractivity contribution < 1.29 is 22.8 Å². The molecule has 2 aromatic rings. The van der Waals surface area contributed by atoms with Crippen molar-refractivity contribution in [3.8, 4) is 11.1 Å². The predicted molar refractivity (Wildman–Crippen MR) is 95.2 cm³/mol. The molecule has 2 fully saturated rings. The van der Waals surface area contributed by atoms with E-state index in [9.17, 15) is 22.8 Å². The highest BCUT2D eigenvalue weighted by Gasteiger charge is 2.47. The summed E-state index contributed by atoms with van der Waals surface area (Å²) in [6.45, 7) is 1.86. The number of hydrogen-bond donors (Lipinski definition) is 0. The molecule has 0 aromatic heterocycles. The van der Waals surface area contributed by atoms with Gasteiger partial charge in [0.05, 0.1) is 5.56 Å². The number of Topliss-reactive ketones (excluding diaryl/α,β-unsaturated/α-hetero) is 2. The van der Waals surface area contributed by atoms with Crippen LogP contribution in [0.15, 0.2) is 42.5 Å². The number of hydrogen-bond acceptors (Lipinski definition) is 2. The minimum Gasteiger partial charge on any atom is -0.298 e. The number of benzene rings is 2. The number of aryl methyl sites for hydroxylation is 1. The van der Waals surface area contributed by atoms with Gasteiger partial charge in [-0.15, -0.1) is 0 Å². The van der Waals surface area contributed by atoms with E-state index in [1.807, 2.05) is 19.1 Å². The summed E-state index contributed by atoms with van der Waals surface area (Å²) in [5.41, 5.74) is 2.19. The van der Waals surface area contributed by atoms with Crippen molar-refractivity contribution >= 4 is 11.6 Å². The van der Waals surface area contributed by atoms with Crippen LogP contribution in [0.2, 0.25) is 0 Å². The van der Waals surface area contributed by atoms with Crippen LogP contribution in [0.5, 0.6) is 0 Å². The van der Waals surface area contributed by atoms with E-state index in [1.165, 1.54) is 12.1 Å². The Hall–Kier alpha value is -2.43. The molecule has 0 N–H and O–H groups in total. The Balaban J connectivity index is 1.72. The number of fused-ring (bicyclic) bond motifs is 2. The maximum Gasteiger partial charge on any atom is 0.416 e. The van der Waals surface area contributed by atoms with Gasteiger partial charge in [0.25, 0.3) is 0 Å². The first kappa shape index (κ1) is 18.0. The third-order valence-corrected chi connectivity index (χ3v) is 5.94. The largest absolute Gasteiger partial charge is 0.416 e. The fourth-order valence-corrected chi connectivity index (χ4v) is 4.40. The van der Waals surface area contributed by atoms with Crippen molar-refractivity contribution in [3.63, 3.8) is 0 Å². The van der Waals surface area contributed by atoms with Crippen LogP contribution in [-0.4, -0.2) is 11.6 Å². The standard InChI is InChI=1S/C22H19F3O2/c1-12-2-3-14(13-6-8-17(9-7-13)22(23,24)25)11-18(12)19-20(26)15-4-5-16(10-15)21(19)27/h2-3,6-9,11,15-16,19H,4-5,10H2,1H3/t15-,16+,19?. The SMILES string of the molecule is Cc1ccc(-c2ccc(C(F)(F)F)cc2)cc1C1C(=O)[C@@H]2CC[C@@H](C2)C1=O. The number of rotatable bonds is 2. The molecule has 2 aliphatic rings. The lowest BCUT2D eigenvalue weighted by molar-refractivity contribution is -0.138. The molecular weight excluding hydrogens is 353 g/mol. The molecule has 0 heterocycles. The Labute approximate surface area is 155 Å². The Kier molecular flexibility index (Phi) is 4.21. The predicted octanol–water partition coefficient (Wildman–Crippen LogP) is 5.33. The summed E-state index contributed by atoms with van der Waals surface area (Å²) in [7, 11) is 0. The summed E-state index contributed by atoms with van der Waals surface area (Å²) in [6, 6.07) is 10.4. The van der Waals surface area contributed by atoms with E-state index in [4.69, 9.17) is 0 Å². The minimum atomic E-state index is -4.38. The number of carbonyl (C=O) groups excluding carboxylic acids is 2. The number of carbonyl (C=O) groups is 2. The van der Waals surface area contributed by atoms with Crippen LogP contribution in [-0.2, 0) is 15.8 Å². The maximum absolute atomic E-state index is 12.8. The lowest BCUT2D eigenvalue weighted by Crippen LogP contribution is -2.35. The molecule has 0 spiro atoms. The lowest BCUT2D eigenvalue weighted by Gasteiger charge is -2.27. The second-order valence-electron chi connectivity index (χ2n) is 7.59. The van der Waals surface area contributed by atoms with Crippen molar-refractivity contribution in [1.82, 2.24) is 0 Å². The van der Waals surface area contributed by atoms with Crippen LogP contribution >= 0.6 is 0 Å². The molecule has 4 rings (SSSR count). The van der Waals surface area contributed by atoms with Gasteiger partial charge < -0.3 is 0 Å². The van der Waals surface area contributed by atoms with Crippen molar-refractivity contribution in [2.45, 2.75) is 38.3 Å². The van der Waals surface area contributed by atoms with Gasteiger partial charge in [-0.3, -0.25) is 9.59 Å². The highest BCUT2D eigenvalue weighted by molar-refractivity contribution is 6.12. The minimum absolute atomic E-state index is 0.00131. The summed E-state index contributed by atoms with van der Waals surface area (Å²) in [4.78, 5) is 25.6. The summed E-state index contributed by atoms with van der Waals surface area (Å²) in [6.07, 6.45) is -2.14. The van der Waals surface area contributed by atoms with Gasteiger partial charge in [-0.1, -0.05) is 24.3 Å². The molecule has 1 unspecified atom stereocenters. The monoisotopic (exact) mass is 372 g/mol. The van der Waals surface area contributed by atoms with Crippen molar-refractivity contribution in [2.24, 2.45) is 11.8 Å². The highest BCUT2D eigenvalue weighted by atomic mass is 19.4. The molecule has 140 valence electrons. The van der Waals surface area contributed by atoms with E-state index in [-0.39, 0.29) is 23.4 Å². The molecule has 0 aliphatic heterocycles. The Morgan fingerprint density at radius 1 is 0.852 bits per heavy atom. The number of halogens is 3. The Morgan fingerprint density at radius 3 is 1.96 bits per heavy atom. The van der Waals surface area contributed by atoms with Crippen LogP contribution in [0.4, 0.5) is 13.2 Å². The topological polar surface area (TPSA) is 34.1 Å². The first-order valence-electron chi connectivity index (χ1n) is 9.11. The summed E-state index contributed by atoms with van der Waals surface area (Å²) < 4.78 is 38.3. The Morgan fingerprint density at radius 2 is 1.41 bits per heavy atom. The van der Waals surface area contributed by atoms with Crippen molar-refractivity contribution in [2.75, 3.05) is 0 Å². The molecule has 0 radical (unpaired) electrons. The molecule has 2 nitrogen and oxygen atoms in total. The van der Waals surface area contributed by atoms with Crippen molar-refractivity contribution in [1.29, 1.82) is 0 Å². The molecule has 2 aliphatic carbocycles. The fraction of sp³-hybridized carbons (Fsp3) is 0.364. The number of alkyl halides is 3. The van der Waals surface area contributed by atoms with Gasteiger partial charge in [-0.2, -0.15) is 13.2 Å². The van der Waals surface area contributed by atoms with Crippen LogP contribution < -0.4 is 0 Å². The first-order valence-corrected chi connectivity index (χ1v) is 9.11. The van der Waals surface area contributed by atoms with Crippen LogP contribution in [0.25, 0.3) is 11.1 Å². The molecule has 0 amide bonds. The van der Waals surface area contributed by atoms with E-state index in [2.05, 4.69) is 0 Å². The molecule has 0 saturated heterocycles. The highest BCUT2D eigenvalue weighted by Crippen LogP contribution is 2.45. The molecule has 5 heteroatoms. The van der Waals surface area contributed by atoms with Crippen LogP contribution in [0.1, 0.15) is 41.9 Å². The summed E-state index contributed by atoms with van der Waals surface area (Å²) in [5.74, 6) is -0.799. The summed E-state index contributed by atoms with van der Waals surface area (Å²) in [5, 5.41) is 0. The van der Waals surface area contributed by atoms with E-state index >= 15 is 0 Å². The van der Waals surface area contributed by atoms with Crippen LogP contribution in [0.3, 0.4) is 0 Å². The zero-order chi connectivity index (χ0) is 19.3. The average molecular weight is 372 g/mol. The maximum atomic E-state index is 12.8. The molecule has 2 bridgehead atoms. The summed E-state index contributed by atoms with van der Waals surface area (Å²) >= 11 is 0. The van der Waals surface area contributed by atoms with Gasteiger partial charge in [0, 0.05) is 11.8 Å². The van der Waals surface area contributed by atoms with E-state index in [0.29, 0.717) is 23.1 Å². The van der Waals surface area contributed by atoms with E-state index in [1.54, 1.807) is 6.07 Å².